The Labute approximate surface area is 85.9 Å². The van der Waals surface area contributed by atoms with Gasteiger partial charge in [0.2, 0.25) is 0 Å². The number of hydrogen-bond acceptors (Lipinski definition) is 1. The van der Waals surface area contributed by atoms with Crippen molar-refractivity contribution in [2.24, 2.45) is 0 Å². The van der Waals surface area contributed by atoms with E-state index in [4.69, 9.17) is 4.74 Å². The minimum absolute atomic E-state index is 0.669. The van der Waals surface area contributed by atoms with E-state index in [-0.39, 0.29) is 0 Å². The lowest BCUT2D eigenvalue weighted by molar-refractivity contribution is 0.287. The molecule has 1 aromatic rings. The van der Waals surface area contributed by atoms with Crippen LogP contribution in [0.3, 0.4) is 0 Å². The summed E-state index contributed by atoms with van der Waals surface area (Å²) in [6, 6.07) is 8.26. The first-order chi connectivity index (χ1) is 6.36. The molecular formula is C11H9BrO. The second-order valence-electron chi connectivity index (χ2n) is 2.80. The van der Waals surface area contributed by atoms with Crippen LogP contribution in [-0.4, -0.2) is 6.61 Å². The van der Waals surface area contributed by atoms with Gasteiger partial charge in [-0.3, -0.25) is 0 Å². The molecule has 0 radical (unpaired) electrons. The second-order valence-corrected chi connectivity index (χ2v) is 3.72. The summed E-state index contributed by atoms with van der Waals surface area (Å²) in [5.41, 5.74) is 2.45. The van der Waals surface area contributed by atoms with Crippen molar-refractivity contribution in [1.82, 2.24) is 0 Å². The molecule has 0 N–H and O–H groups in total. The maximum atomic E-state index is 5.08. The quantitative estimate of drug-likeness (QED) is 0.727. The van der Waals surface area contributed by atoms with Crippen LogP contribution in [0.1, 0.15) is 5.56 Å². The molecule has 0 atom stereocenters. The Morgan fingerprint density at radius 1 is 1.15 bits per heavy atom. The van der Waals surface area contributed by atoms with Gasteiger partial charge in [-0.25, -0.2) is 0 Å². The molecule has 1 nitrogen and oxygen atoms in total. The topological polar surface area (TPSA) is 9.23 Å². The van der Waals surface area contributed by atoms with Crippen LogP contribution in [0.5, 0.6) is 0 Å². The van der Waals surface area contributed by atoms with Crippen molar-refractivity contribution < 1.29 is 4.74 Å². The fraction of sp³-hybridized carbons (Fsp3) is 0.0909. The number of halogens is 1. The second kappa shape index (κ2) is 3.79. The number of benzene rings is 1. The summed E-state index contributed by atoms with van der Waals surface area (Å²) < 4.78 is 6.18. The van der Waals surface area contributed by atoms with E-state index in [1.165, 1.54) is 11.1 Å². The van der Waals surface area contributed by atoms with Crippen LogP contribution in [0.2, 0.25) is 0 Å². The van der Waals surface area contributed by atoms with Crippen LogP contribution in [0.25, 0.3) is 5.57 Å². The van der Waals surface area contributed by atoms with Crippen LogP contribution < -0.4 is 0 Å². The maximum absolute atomic E-state index is 5.08. The van der Waals surface area contributed by atoms with Gasteiger partial charge in [0, 0.05) is 4.47 Å². The molecule has 13 heavy (non-hydrogen) atoms. The van der Waals surface area contributed by atoms with Crippen molar-refractivity contribution in [3.05, 3.63) is 52.7 Å². The summed E-state index contributed by atoms with van der Waals surface area (Å²) in [7, 11) is 0. The molecule has 2 heteroatoms. The highest BCUT2D eigenvalue weighted by Gasteiger charge is 2.00. The van der Waals surface area contributed by atoms with Crippen molar-refractivity contribution in [2.45, 2.75) is 0 Å². The van der Waals surface area contributed by atoms with E-state index in [9.17, 15) is 0 Å². The largest absolute Gasteiger partial charge is 0.497 e. The van der Waals surface area contributed by atoms with Crippen molar-refractivity contribution in [2.75, 3.05) is 6.61 Å². The first-order valence-corrected chi connectivity index (χ1v) is 4.90. The maximum Gasteiger partial charge on any atom is 0.106 e. The summed E-state index contributed by atoms with van der Waals surface area (Å²) >= 11 is 3.41. The van der Waals surface area contributed by atoms with E-state index >= 15 is 0 Å². The molecule has 0 amide bonds. The molecule has 1 aliphatic heterocycles. The Morgan fingerprint density at radius 2 is 1.92 bits per heavy atom. The lowest BCUT2D eigenvalue weighted by atomic mass is 10.1. The normalized spacial score (nSPS) is 15.0. The molecule has 0 fully saturated rings. The van der Waals surface area contributed by atoms with E-state index < -0.39 is 0 Å². The highest BCUT2D eigenvalue weighted by Crippen LogP contribution is 2.20. The van der Waals surface area contributed by atoms with Crippen LogP contribution in [-0.2, 0) is 4.74 Å². The van der Waals surface area contributed by atoms with Gasteiger partial charge in [-0.05, 0) is 35.4 Å². The fourth-order valence-corrected chi connectivity index (χ4v) is 1.50. The Morgan fingerprint density at radius 3 is 2.54 bits per heavy atom. The number of rotatable bonds is 1. The zero-order valence-corrected chi connectivity index (χ0v) is 8.62. The molecule has 1 heterocycles. The number of ether oxygens (including phenoxy) is 1. The van der Waals surface area contributed by atoms with Gasteiger partial charge in [0.1, 0.15) is 6.61 Å². The standard InChI is InChI=1S/C11H9BrO/c12-11-3-1-9(2-4-11)10-5-7-13-8-6-10/h1-7H,8H2. The third-order valence-corrected chi connectivity index (χ3v) is 2.45. The Hall–Kier alpha value is -1.02. The van der Waals surface area contributed by atoms with Crippen LogP contribution in [0.4, 0.5) is 0 Å². The lowest BCUT2D eigenvalue weighted by Crippen LogP contribution is -1.91. The van der Waals surface area contributed by atoms with Gasteiger partial charge in [-0.15, -0.1) is 0 Å². The number of allylic oxidation sites excluding steroid dienone is 2. The Balaban J connectivity index is 2.30. The Bertz CT molecular complexity index is 349. The summed E-state index contributed by atoms with van der Waals surface area (Å²) in [5, 5.41) is 0. The van der Waals surface area contributed by atoms with Crippen LogP contribution in [0, 0.1) is 0 Å². The third-order valence-electron chi connectivity index (χ3n) is 1.92. The molecule has 1 aliphatic rings. The molecule has 0 saturated carbocycles. The Kier molecular flexibility index (Phi) is 2.50. The lowest BCUT2D eigenvalue weighted by Gasteiger charge is -2.07. The van der Waals surface area contributed by atoms with Gasteiger partial charge in [-0.2, -0.15) is 0 Å². The predicted molar refractivity (Wildman–Crippen MR) is 57.2 cm³/mol. The van der Waals surface area contributed by atoms with Crippen LogP contribution >= 0.6 is 15.9 Å². The summed E-state index contributed by atoms with van der Waals surface area (Å²) in [6.45, 7) is 0.669. The SMILES string of the molecule is Brc1ccc(C2=CCOC=C2)cc1. The predicted octanol–water partition coefficient (Wildman–Crippen LogP) is 3.38. The molecule has 0 spiro atoms. The van der Waals surface area contributed by atoms with Crippen molar-refractivity contribution >= 4 is 21.5 Å². The average Bonchev–Trinajstić information content (AvgIpc) is 2.20. The van der Waals surface area contributed by atoms with Crippen molar-refractivity contribution in [3.8, 4) is 0 Å². The van der Waals surface area contributed by atoms with E-state index in [1.807, 2.05) is 18.2 Å². The van der Waals surface area contributed by atoms with Crippen molar-refractivity contribution in [3.63, 3.8) is 0 Å². The molecule has 0 unspecified atom stereocenters. The van der Waals surface area contributed by atoms with E-state index in [2.05, 4.69) is 34.1 Å². The van der Waals surface area contributed by atoms with Gasteiger partial charge in [0.15, 0.2) is 0 Å². The van der Waals surface area contributed by atoms with E-state index in [0.717, 1.165) is 4.47 Å². The van der Waals surface area contributed by atoms with Gasteiger partial charge < -0.3 is 4.74 Å². The zero-order chi connectivity index (χ0) is 9.10. The van der Waals surface area contributed by atoms with Gasteiger partial charge in [0.05, 0.1) is 6.26 Å². The minimum Gasteiger partial charge on any atom is -0.497 e. The van der Waals surface area contributed by atoms with Crippen LogP contribution in [0.15, 0.2) is 47.2 Å². The monoisotopic (exact) mass is 236 g/mol. The molecular weight excluding hydrogens is 228 g/mol. The fourth-order valence-electron chi connectivity index (χ4n) is 1.24. The zero-order valence-electron chi connectivity index (χ0n) is 7.03. The molecule has 0 aromatic heterocycles. The number of hydrogen-bond donors (Lipinski definition) is 0. The van der Waals surface area contributed by atoms with E-state index in [1.54, 1.807) is 6.26 Å². The minimum atomic E-state index is 0.669. The van der Waals surface area contributed by atoms with Crippen molar-refractivity contribution in [1.29, 1.82) is 0 Å². The first kappa shape index (κ1) is 8.57. The highest BCUT2D eigenvalue weighted by atomic mass is 79.9. The highest BCUT2D eigenvalue weighted by molar-refractivity contribution is 9.10. The van der Waals surface area contributed by atoms with Gasteiger partial charge in [-0.1, -0.05) is 28.1 Å². The van der Waals surface area contributed by atoms with E-state index in [0.29, 0.717) is 6.61 Å². The molecule has 0 aliphatic carbocycles. The van der Waals surface area contributed by atoms with Gasteiger partial charge in [0.25, 0.3) is 0 Å². The average molecular weight is 237 g/mol. The summed E-state index contributed by atoms with van der Waals surface area (Å²) in [5.74, 6) is 0. The molecule has 0 saturated heterocycles. The first-order valence-electron chi connectivity index (χ1n) is 4.10. The molecule has 0 bridgehead atoms. The third kappa shape index (κ3) is 2.01. The molecule has 66 valence electrons. The smallest absolute Gasteiger partial charge is 0.106 e. The summed E-state index contributed by atoms with van der Waals surface area (Å²) in [4.78, 5) is 0. The summed E-state index contributed by atoms with van der Waals surface area (Å²) in [6.07, 6.45) is 5.79. The molecule has 1 aromatic carbocycles. The molecule has 2 rings (SSSR count). The van der Waals surface area contributed by atoms with Gasteiger partial charge >= 0.3 is 0 Å².